The molecule has 0 aliphatic carbocycles. The fourth-order valence-electron chi connectivity index (χ4n) is 2.91. The second kappa shape index (κ2) is 11.9. The van der Waals surface area contributed by atoms with Gasteiger partial charge in [-0.05, 0) is 42.8 Å². The average molecular weight is 490 g/mol. The van der Waals surface area contributed by atoms with Gasteiger partial charge < -0.3 is 28.8 Å². The highest BCUT2D eigenvalue weighted by molar-refractivity contribution is 6.31. The number of anilines is 1. The molecule has 1 aromatic heterocycles. The van der Waals surface area contributed by atoms with Crippen molar-refractivity contribution in [1.82, 2.24) is 10.1 Å². The van der Waals surface area contributed by atoms with Crippen LogP contribution in [0.1, 0.15) is 35.4 Å². The maximum Gasteiger partial charge on any atom is 0.338 e. The fourth-order valence-corrected chi connectivity index (χ4v) is 3.08. The molecule has 3 rings (SSSR count). The molecule has 0 aliphatic heterocycles. The molecule has 0 unspecified atom stereocenters. The number of esters is 1. The molecule has 1 heterocycles. The zero-order valence-corrected chi connectivity index (χ0v) is 19.7. The van der Waals surface area contributed by atoms with E-state index in [1.807, 2.05) is 6.92 Å². The lowest BCUT2D eigenvalue weighted by atomic mass is 10.2. The van der Waals surface area contributed by atoms with Crippen LogP contribution in [0.2, 0.25) is 5.02 Å². The molecule has 2 aromatic carbocycles. The second-order valence-electron chi connectivity index (χ2n) is 6.98. The third kappa shape index (κ3) is 6.61. The molecule has 0 radical (unpaired) electrons. The highest BCUT2D eigenvalue weighted by Crippen LogP contribution is 2.30. The lowest BCUT2D eigenvalue weighted by Crippen LogP contribution is -2.20. The number of nitrogens with zero attached hydrogens (tertiary/aromatic N) is 2. The van der Waals surface area contributed by atoms with Crippen LogP contribution in [0.3, 0.4) is 0 Å². The Kier molecular flexibility index (Phi) is 8.69. The summed E-state index contributed by atoms with van der Waals surface area (Å²) in [4.78, 5) is 28.9. The van der Waals surface area contributed by atoms with E-state index in [1.165, 1.54) is 32.4 Å². The van der Waals surface area contributed by atoms with Crippen molar-refractivity contribution in [2.45, 2.75) is 26.4 Å². The van der Waals surface area contributed by atoms with Gasteiger partial charge in [0.2, 0.25) is 0 Å². The number of hydrogen-bond donors (Lipinski definition) is 1. The first kappa shape index (κ1) is 24.8. The standard InChI is InChI=1S/C23H24ClN3O7/c1-4-5-20-26-22(34-27-20)13-33-23(29)14-6-8-18(19(10-14)31-3)32-12-21(28)25-16-11-15(24)7-9-17(16)30-2/h6-11H,4-5,12-13H2,1-3H3,(H,25,28). The van der Waals surface area contributed by atoms with Crippen LogP contribution in [-0.4, -0.2) is 42.8 Å². The number of halogens is 1. The molecule has 1 amide bonds. The predicted molar refractivity (Wildman–Crippen MR) is 123 cm³/mol. The third-order valence-corrected chi connectivity index (χ3v) is 4.74. The van der Waals surface area contributed by atoms with Crippen molar-refractivity contribution in [3.8, 4) is 17.2 Å². The second-order valence-corrected chi connectivity index (χ2v) is 7.41. The Balaban J connectivity index is 1.58. The largest absolute Gasteiger partial charge is 0.495 e. The maximum absolute atomic E-state index is 12.4. The van der Waals surface area contributed by atoms with Crippen LogP contribution < -0.4 is 19.5 Å². The summed E-state index contributed by atoms with van der Waals surface area (Å²) in [6.07, 6.45) is 1.56. The first-order valence-electron chi connectivity index (χ1n) is 10.4. The van der Waals surface area contributed by atoms with E-state index < -0.39 is 11.9 Å². The molecule has 180 valence electrons. The summed E-state index contributed by atoms with van der Waals surface area (Å²) in [5.74, 6) is 0.721. The topological polar surface area (TPSA) is 122 Å². The van der Waals surface area contributed by atoms with Crippen LogP contribution in [0.5, 0.6) is 17.2 Å². The van der Waals surface area contributed by atoms with Gasteiger partial charge in [0.25, 0.3) is 11.8 Å². The highest BCUT2D eigenvalue weighted by atomic mass is 35.5. The predicted octanol–water partition coefficient (Wildman–Crippen LogP) is 4.07. The number of carbonyl (C=O) groups is 2. The van der Waals surface area contributed by atoms with E-state index in [4.69, 9.17) is 35.1 Å². The molecule has 0 fully saturated rings. The van der Waals surface area contributed by atoms with E-state index in [2.05, 4.69) is 15.5 Å². The molecular formula is C23H24ClN3O7. The van der Waals surface area contributed by atoms with Gasteiger partial charge >= 0.3 is 5.97 Å². The number of hydrogen-bond acceptors (Lipinski definition) is 9. The number of methoxy groups -OCH3 is 2. The number of aryl methyl sites for hydroxylation is 1. The van der Waals surface area contributed by atoms with Crippen LogP contribution in [-0.2, 0) is 22.6 Å². The Bertz CT molecular complexity index is 1150. The minimum absolute atomic E-state index is 0.150. The number of rotatable bonds is 11. The first-order valence-corrected chi connectivity index (χ1v) is 10.7. The lowest BCUT2D eigenvalue weighted by molar-refractivity contribution is -0.118. The van der Waals surface area contributed by atoms with E-state index in [9.17, 15) is 9.59 Å². The minimum atomic E-state index is -0.606. The van der Waals surface area contributed by atoms with Gasteiger partial charge in [0.15, 0.2) is 30.5 Å². The Morgan fingerprint density at radius 1 is 1.06 bits per heavy atom. The molecule has 10 nitrogen and oxygen atoms in total. The van der Waals surface area contributed by atoms with Gasteiger partial charge in [-0.2, -0.15) is 4.98 Å². The zero-order valence-electron chi connectivity index (χ0n) is 18.9. The maximum atomic E-state index is 12.4. The van der Waals surface area contributed by atoms with Gasteiger partial charge in [-0.25, -0.2) is 4.79 Å². The molecule has 3 aromatic rings. The van der Waals surface area contributed by atoms with Gasteiger partial charge in [-0.1, -0.05) is 23.7 Å². The van der Waals surface area contributed by atoms with E-state index in [0.29, 0.717) is 28.7 Å². The van der Waals surface area contributed by atoms with Crippen LogP contribution in [0.25, 0.3) is 0 Å². The molecule has 1 N–H and O–H groups in total. The van der Waals surface area contributed by atoms with E-state index in [-0.39, 0.29) is 36.2 Å². The summed E-state index contributed by atoms with van der Waals surface area (Å²) in [5.41, 5.74) is 0.641. The fraction of sp³-hybridized carbons (Fsp3) is 0.304. The molecule has 0 spiro atoms. The van der Waals surface area contributed by atoms with Crippen molar-refractivity contribution >= 4 is 29.2 Å². The molecule has 11 heteroatoms. The van der Waals surface area contributed by atoms with Crippen LogP contribution >= 0.6 is 11.6 Å². The van der Waals surface area contributed by atoms with Gasteiger partial charge in [0, 0.05) is 11.4 Å². The lowest BCUT2D eigenvalue weighted by Gasteiger charge is -2.13. The Labute approximate surface area is 201 Å². The number of benzene rings is 2. The number of amides is 1. The third-order valence-electron chi connectivity index (χ3n) is 4.50. The summed E-state index contributed by atoms with van der Waals surface area (Å²) in [6.45, 7) is 1.54. The summed E-state index contributed by atoms with van der Waals surface area (Å²) in [5, 5.41) is 6.93. The van der Waals surface area contributed by atoms with Crippen LogP contribution in [0, 0.1) is 0 Å². The van der Waals surface area contributed by atoms with Crippen LogP contribution in [0.4, 0.5) is 5.69 Å². The van der Waals surface area contributed by atoms with Crippen molar-refractivity contribution in [2.75, 3.05) is 26.1 Å². The van der Waals surface area contributed by atoms with Crippen molar-refractivity contribution in [2.24, 2.45) is 0 Å². The molecule has 34 heavy (non-hydrogen) atoms. The average Bonchev–Trinajstić information content (AvgIpc) is 3.29. The van der Waals surface area contributed by atoms with Crippen LogP contribution in [0.15, 0.2) is 40.9 Å². The number of ether oxygens (including phenoxy) is 4. The SMILES string of the molecule is CCCc1noc(COC(=O)c2ccc(OCC(=O)Nc3cc(Cl)ccc3OC)c(OC)c2)n1. The van der Waals surface area contributed by atoms with Gasteiger partial charge in [0.05, 0.1) is 25.5 Å². The summed E-state index contributed by atoms with van der Waals surface area (Å²) in [7, 11) is 2.90. The zero-order chi connectivity index (χ0) is 24.5. The van der Waals surface area contributed by atoms with E-state index in [0.717, 1.165) is 6.42 Å². The molecule has 0 saturated heterocycles. The smallest absolute Gasteiger partial charge is 0.338 e. The quantitative estimate of drug-likeness (QED) is 0.397. The molecule has 0 saturated carbocycles. The van der Waals surface area contributed by atoms with Crippen molar-refractivity contribution < 1.29 is 33.1 Å². The minimum Gasteiger partial charge on any atom is -0.495 e. The highest BCUT2D eigenvalue weighted by Gasteiger charge is 2.16. The molecule has 0 aliphatic rings. The monoisotopic (exact) mass is 489 g/mol. The first-order chi connectivity index (χ1) is 16.4. The molecular weight excluding hydrogens is 466 g/mol. The van der Waals surface area contributed by atoms with E-state index >= 15 is 0 Å². The van der Waals surface area contributed by atoms with Gasteiger partial charge in [-0.15, -0.1) is 0 Å². The Hall–Kier alpha value is -3.79. The van der Waals surface area contributed by atoms with Gasteiger partial charge in [-0.3, -0.25) is 4.79 Å². The van der Waals surface area contributed by atoms with Gasteiger partial charge in [0.1, 0.15) is 5.75 Å². The van der Waals surface area contributed by atoms with Crippen molar-refractivity contribution in [3.63, 3.8) is 0 Å². The summed E-state index contributed by atoms with van der Waals surface area (Å²) >= 11 is 5.98. The van der Waals surface area contributed by atoms with E-state index in [1.54, 1.807) is 18.2 Å². The summed E-state index contributed by atoms with van der Waals surface area (Å²) < 4.78 is 26.3. The summed E-state index contributed by atoms with van der Waals surface area (Å²) in [6, 6.07) is 9.31. The number of aromatic nitrogens is 2. The van der Waals surface area contributed by atoms with Crippen molar-refractivity contribution in [1.29, 1.82) is 0 Å². The Morgan fingerprint density at radius 2 is 1.82 bits per heavy atom. The van der Waals surface area contributed by atoms with Crippen molar-refractivity contribution in [3.05, 3.63) is 58.7 Å². The Morgan fingerprint density at radius 3 is 2.56 bits per heavy atom. The number of nitrogens with one attached hydrogen (secondary N) is 1. The molecule has 0 bridgehead atoms. The number of carbonyl (C=O) groups excluding carboxylic acids is 2. The molecule has 0 atom stereocenters. The normalized spacial score (nSPS) is 10.5.